The minimum Gasteiger partial charge on any atom is -0.353 e. The van der Waals surface area contributed by atoms with Crippen LogP contribution in [0.4, 0.5) is 5.95 Å². The smallest absolute Gasteiger partial charge is 0.202 e. The number of nitrogens with zero attached hydrogens (tertiary/aromatic N) is 3. The van der Waals surface area contributed by atoms with Gasteiger partial charge in [0, 0.05) is 25.7 Å². The molecule has 0 aromatic carbocycles. The van der Waals surface area contributed by atoms with E-state index in [1.807, 2.05) is 13.2 Å². The second-order valence-electron chi connectivity index (χ2n) is 7.33. The summed E-state index contributed by atoms with van der Waals surface area (Å²) in [6.07, 6.45) is 9.74. The summed E-state index contributed by atoms with van der Waals surface area (Å²) in [7, 11) is 6.30. The number of rotatable bonds is 6. The van der Waals surface area contributed by atoms with Crippen LogP contribution >= 0.6 is 0 Å². The molecule has 1 aliphatic heterocycles. The second-order valence-corrected chi connectivity index (χ2v) is 7.33. The van der Waals surface area contributed by atoms with Gasteiger partial charge >= 0.3 is 0 Å². The molecule has 3 rings (SSSR count). The fourth-order valence-electron chi connectivity index (χ4n) is 3.95. The topological polar surface area (TPSA) is 83.2 Å². The number of anilines is 1. The Hall–Kier alpha value is -1.15. The van der Waals surface area contributed by atoms with E-state index in [-0.39, 0.29) is 0 Å². The number of nitrogens with two attached hydrogens (primary N) is 1. The lowest BCUT2D eigenvalue weighted by Crippen LogP contribution is -2.46. The Kier molecular flexibility index (Phi) is 5.76. The van der Waals surface area contributed by atoms with Crippen molar-refractivity contribution in [2.45, 2.75) is 69.5 Å². The highest BCUT2D eigenvalue weighted by atomic mass is 15.4. The van der Waals surface area contributed by atoms with Gasteiger partial charge < -0.3 is 20.9 Å². The Balaban J connectivity index is 1.51. The van der Waals surface area contributed by atoms with E-state index in [0.29, 0.717) is 24.4 Å². The summed E-state index contributed by atoms with van der Waals surface area (Å²) in [5, 5.41) is 10.6. The Labute approximate surface area is 145 Å². The highest BCUT2D eigenvalue weighted by molar-refractivity contribution is 5.30. The van der Waals surface area contributed by atoms with Crippen molar-refractivity contribution in [3.05, 3.63) is 11.9 Å². The normalized spacial score (nSPS) is 31.5. The molecule has 0 bridgehead atoms. The first-order valence-electron chi connectivity index (χ1n) is 9.23. The summed E-state index contributed by atoms with van der Waals surface area (Å²) in [6.45, 7) is 0.839. The van der Waals surface area contributed by atoms with E-state index in [1.54, 1.807) is 0 Å². The molecular weight excluding hydrogens is 302 g/mol. The van der Waals surface area contributed by atoms with Gasteiger partial charge in [-0.2, -0.15) is 0 Å². The molecule has 1 aromatic rings. The molecular formula is C17H33N7. The van der Waals surface area contributed by atoms with Crippen LogP contribution in [0.3, 0.4) is 0 Å². The van der Waals surface area contributed by atoms with Crippen LogP contribution in [0.5, 0.6) is 0 Å². The van der Waals surface area contributed by atoms with E-state index >= 15 is 0 Å². The van der Waals surface area contributed by atoms with Gasteiger partial charge in [0.25, 0.3) is 0 Å². The molecule has 136 valence electrons. The predicted molar refractivity (Wildman–Crippen MR) is 97.5 cm³/mol. The first-order chi connectivity index (χ1) is 11.6. The third-order valence-electron chi connectivity index (χ3n) is 5.74. The second kappa shape index (κ2) is 7.82. The highest BCUT2D eigenvalue weighted by Gasteiger charge is 2.28. The van der Waals surface area contributed by atoms with Crippen LogP contribution in [0.2, 0.25) is 0 Å². The van der Waals surface area contributed by atoms with Crippen LogP contribution in [0.1, 0.15) is 44.2 Å². The SMILES string of the molecule is CNC1CCC(NCc2cnc(NC3CCC(N)CC3)n2C)N1C. The largest absolute Gasteiger partial charge is 0.353 e. The maximum absolute atomic E-state index is 5.99. The van der Waals surface area contributed by atoms with Crippen molar-refractivity contribution in [2.75, 3.05) is 19.4 Å². The maximum Gasteiger partial charge on any atom is 0.202 e. The molecule has 1 aromatic heterocycles. The molecule has 0 spiro atoms. The first-order valence-corrected chi connectivity index (χ1v) is 9.23. The van der Waals surface area contributed by atoms with Crippen LogP contribution in [0, 0.1) is 0 Å². The van der Waals surface area contributed by atoms with E-state index in [0.717, 1.165) is 38.2 Å². The number of imidazole rings is 1. The standard InChI is InChI=1S/C17H33N7/c1-19-15-8-9-16(24(15)3)20-10-14-11-21-17(23(14)2)22-13-6-4-12(18)5-7-13/h11-13,15-16,19-20H,4-10,18H2,1-3H3,(H,21,22). The molecule has 2 heterocycles. The first kappa shape index (κ1) is 17.7. The van der Waals surface area contributed by atoms with Crippen molar-refractivity contribution >= 4 is 5.95 Å². The number of hydrogen-bond acceptors (Lipinski definition) is 6. The Morgan fingerprint density at radius 1 is 1.12 bits per heavy atom. The molecule has 1 saturated heterocycles. The highest BCUT2D eigenvalue weighted by Crippen LogP contribution is 2.22. The number of nitrogens with one attached hydrogen (secondary N) is 3. The zero-order valence-electron chi connectivity index (χ0n) is 15.3. The van der Waals surface area contributed by atoms with E-state index in [1.165, 1.54) is 18.5 Å². The van der Waals surface area contributed by atoms with Gasteiger partial charge in [0.1, 0.15) is 0 Å². The lowest BCUT2D eigenvalue weighted by Gasteiger charge is -2.27. The monoisotopic (exact) mass is 335 g/mol. The predicted octanol–water partition coefficient (Wildman–Crippen LogP) is 0.789. The molecule has 2 unspecified atom stereocenters. The van der Waals surface area contributed by atoms with Crippen molar-refractivity contribution < 1.29 is 0 Å². The van der Waals surface area contributed by atoms with Crippen LogP contribution < -0.4 is 21.7 Å². The molecule has 0 amide bonds. The third-order valence-corrected chi connectivity index (χ3v) is 5.74. The zero-order valence-corrected chi connectivity index (χ0v) is 15.3. The van der Waals surface area contributed by atoms with Crippen molar-refractivity contribution in [2.24, 2.45) is 12.8 Å². The van der Waals surface area contributed by atoms with Crippen LogP contribution in [-0.2, 0) is 13.6 Å². The molecule has 0 radical (unpaired) electrons. The van der Waals surface area contributed by atoms with E-state index in [4.69, 9.17) is 5.73 Å². The average Bonchev–Trinajstić information content (AvgIpc) is 3.11. The van der Waals surface area contributed by atoms with Crippen molar-refractivity contribution in [3.8, 4) is 0 Å². The summed E-state index contributed by atoms with van der Waals surface area (Å²) < 4.78 is 2.17. The Bertz CT molecular complexity index is 521. The molecule has 24 heavy (non-hydrogen) atoms. The van der Waals surface area contributed by atoms with Gasteiger partial charge in [-0.1, -0.05) is 0 Å². The molecule has 7 nitrogen and oxygen atoms in total. The van der Waals surface area contributed by atoms with E-state index in [2.05, 4.69) is 44.5 Å². The summed E-state index contributed by atoms with van der Waals surface area (Å²) in [5.41, 5.74) is 7.20. The molecule has 1 saturated carbocycles. The van der Waals surface area contributed by atoms with Crippen LogP contribution in [0.25, 0.3) is 0 Å². The van der Waals surface area contributed by atoms with Crippen LogP contribution in [0.15, 0.2) is 6.20 Å². The average molecular weight is 336 g/mol. The molecule has 2 aliphatic rings. The van der Waals surface area contributed by atoms with Gasteiger partial charge in [-0.05, 0) is 52.6 Å². The fourth-order valence-corrected chi connectivity index (χ4v) is 3.95. The summed E-state index contributed by atoms with van der Waals surface area (Å²) in [6, 6.07) is 0.887. The van der Waals surface area contributed by atoms with Crippen molar-refractivity contribution in [3.63, 3.8) is 0 Å². The molecule has 2 fully saturated rings. The third kappa shape index (κ3) is 3.91. The summed E-state index contributed by atoms with van der Waals surface area (Å²) in [5.74, 6) is 0.972. The zero-order chi connectivity index (χ0) is 17.1. The van der Waals surface area contributed by atoms with Crippen LogP contribution in [-0.4, -0.2) is 53.0 Å². The molecule has 5 N–H and O–H groups in total. The lowest BCUT2D eigenvalue weighted by atomic mass is 9.92. The van der Waals surface area contributed by atoms with Crippen molar-refractivity contribution in [1.29, 1.82) is 0 Å². The fraction of sp³-hybridized carbons (Fsp3) is 0.824. The van der Waals surface area contributed by atoms with Gasteiger partial charge in [0.05, 0.1) is 24.2 Å². The minimum absolute atomic E-state index is 0.383. The Morgan fingerprint density at radius 3 is 2.50 bits per heavy atom. The number of aromatic nitrogens is 2. The van der Waals surface area contributed by atoms with E-state index < -0.39 is 0 Å². The van der Waals surface area contributed by atoms with Gasteiger partial charge in [-0.15, -0.1) is 0 Å². The summed E-state index contributed by atoms with van der Waals surface area (Å²) in [4.78, 5) is 6.95. The quantitative estimate of drug-likeness (QED) is 0.615. The van der Waals surface area contributed by atoms with Crippen molar-refractivity contribution in [1.82, 2.24) is 25.1 Å². The molecule has 7 heteroatoms. The minimum atomic E-state index is 0.383. The van der Waals surface area contributed by atoms with E-state index in [9.17, 15) is 0 Å². The van der Waals surface area contributed by atoms with Gasteiger partial charge in [-0.3, -0.25) is 10.2 Å². The molecule has 2 atom stereocenters. The maximum atomic E-state index is 5.99. The number of likely N-dealkylation sites (tertiary alicyclic amines) is 1. The summed E-state index contributed by atoms with van der Waals surface area (Å²) >= 11 is 0. The number of hydrogen-bond donors (Lipinski definition) is 4. The van der Waals surface area contributed by atoms with Gasteiger partial charge in [0.15, 0.2) is 0 Å². The lowest BCUT2D eigenvalue weighted by molar-refractivity contribution is 0.189. The Morgan fingerprint density at radius 2 is 1.83 bits per heavy atom. The van der Waals surface area contributed by atoms with Gasteiger partial charge in [0.2, 0.25) is 5.95 Å². The van der Waals surface area contributed by atoms with Gasteiger partial charge in [-0.25, -0.2) is 4.98 Å². The molecule has 1 aliphatic carbocycles.